The second-order valence-corrected chi connectivity index (χ2v) is 5.21. The maximum absolute atomic E-state index is 11.2. The van der Waals surface area contributed by atoms with Crippen molar-refractivity contribution in [3.05, 3.63) is 51.5 Å². The summed E-state index contributed by atoms with van der Waals surface area (Å²) in [5.41, 5.74) is 13.4. The number of hydrogen-bond donors (Lipinski definition) is 3. The zero-order valence-electron chi connectivity index (χ0n) is 9.78. The van der Waals surface area contributed by atoms with Crippen molar-refractivity contribution in [2.24, 2.45) is 5.73 Å². The van der Waals surface area contributed by atoms with Gasteiger partial charge in [0.25, 0.3) is 0 Å². The molecule has 19 heavy (non-hydrogen) atoms. The van der Waals surface area contributed by atoms with E-state index in [4.69, 9.17) is 23.1 Å². The van der Waals surface area contributed by atoms with Crippen LogP contribution in [0.4, 0.5) is 17.1 Å². The Kier molecular flexibility index (Phi) is 3.97. The summed E-state index contributed by atoms with van der Waals surface area (Å²) in [6.45, 7) is 0. The SMILES string of the molecule is NC(=O)c1ccc(N)c(Nc2ccc(Cl)cc2Br)c1. The molecule has 0 radical (unpaired) electrons. The van der Waals surface area contributed by atoms with Gasteiger partial charge in [0.2, 0.25) is 5.91 Å². The Labute approximate surface area is 123 Å². The van der Waals surface area contributed by atoms with Crippen molar-refractivity contribution in [1.29, 1.82) is 0 Å². The minimum absolute atomic E-state index is 0.391. The summed E-state index contributed by atoms with van der Waals surface area (Å²) in [6, 6.07) is 10.1. The minimum atomic E-state index is -0.502. The molecule has 1 amide bonds. The lowest BCUT2D eigenvalue weighted by atomic mass is 10.1. The lowest BCUT2D eigenvalue weighted by molar-refractivity contribution is 0.100. The van der Waals surface area contributed by atoms with E-state index < -0.39 is 5.91 Å². The van der Waals surface area contributed by atoms with Gasteiger partial charge in [0.15, 0.2) is 0 Å². The molecule has 2 aromatic carbocycles. The van der Waals surface area contributed by atoms with Crippen LogP contribution in [-0.2, 0) is 0 Å². The van der Waals surface area contributed by atoms with Gasteiger partial charge >= 0.3 is 0 Å². The van der Waals surface area contributed by atoms with Crippen LogP contribution in [0.3, 0.4) is 0 Å². The van der Waals surface area contributed by atoms with E-state index in [1.54, 1.807) is 30.3 Å². The van der Waals surface area contributed by atoms with Crippen LogP contribution in [0.2, 0.25) is 5.02 Å². The molecule has 0 spiro atoms. The number of nitrogens with one attached hydrogen (secondary N) is 1. The molecule has 0 aromatic heterocycles. The number of nitrogen functional groups attached to an aromatic ring is 1. The number of nitrogens with two attached hydrogens (primary N) is 2. The number of benzene rings is 2. The van der Waals surface area contributed by atoms with Crippen molar-refractivity contribution in [2.45, 2.75) is 0 Å². The molecule has 98 valence electrons. The van der Waals surface area contributed by atoms with E-state index in [0.717, 1.165) is 10.2 Å². The highest BCUT2D eigenvalue weighted by atomic mass is 79.9. The molecule has 0 heterocycles. The maximum Gasteiger partial charge on any atom is 0.248 e. The average molecular weight is 341 g/mol. The molecule has 0 atom stereocenters. The molecule has 6 heteroatoms. The molecule has 0 aliphatic heterocycles. The van der Waals surface area contributed by atoms with Gasteiger partial charge in [-0.1, -0.05) is 11.6 Å². The van der Waals surface area contributed by atoms with Crippen molar-refractivity contribution in [2.75, 3.05) is 11.1 Å². The summed E-state index contributed by atoms with van der Waals surface area (Å²) in [6.07, 6.45) is 0. The number of carbonyl (C=O) groups is 1. The van der Waals surface area contributed by atoms with Gasteiger partial charge in [-0.3, -0.25) is 4.79 Å². The maximum atomic E-state index is 11.2. The molecule has 0 fully saturated rings. The highest BCUT2D eigenvalue weighted by Gasteiger charge is 2.07. The molecular formula is C13H11BrClN3O. The number of primary amides is 1. The zero-order chi connectivity index (χ0) is 14.0. The summed E-state index contributed by atoms with van der Waals surface area (Å²) >= 11 is 9.27. The topological polar surface area (TPSA) is 81.1 Å². The van der Waals surface area contributed by atoms with Crippen LogP contribution >= 0.6 is 27.5 Å². The average Bonchev–Trinajstić information content (AvgIpc) is 2.34. The Hall–Kier alpha value is -1.72. The second-order valence-electron chi connectivity index (χ2n) is 3.92. The van der Waals surface area contributed by atoms with E-state index in [2.05, 4.69) is 21.2 Å². The highest BCUT2D eigenvalue weighted by molar-refractivity contribution is 9.10. The molecule has 4 nitrogen and oxygen atoms in total. The van der Waals surface area contributed by atoms with Crippen LogP contribution in [0, 0.1) is 0 Å². The van der Waals surface area contributed by atoms with Gasteiger partial charge in [0, 0.05) is 15.1 Å². The first kappa shape index (κ1) is 13.7. The van der Waals surface area contributed by atoms with Crippen LogP contribution in [0.1, 0.15) is 10.4 Å². The number of carbonyl (C=O) groups excluding carboxylic acids is 1. The van der Waals surface area contributed by atoms with Gasteiger partial charge in [-0.2, -0.15) is 0 Å². The van der Waals surface area contributed by atoms with Crippen molar-refractivity contribution in [1.82, 2.24) is 0 Å². The lowest BCUT2D eigenvalue weighted by Crippen LogP contribution is -2.11. The first-order chi connectivity index (χ1) is 8.97. The van der Waals surface area contributed by atoms with E-state index in [0.29, 0.717) is 22.0 Å². The monoisotopic (exact) mass is 339 g/mol. The van der Waals surface area contributed by atoms with Crippen LogP contribution < -0.4 is 16.8 Å². The Morgan fingerprint density at radius 1 is 1.16 bits per heavy atom. The fourth-order valence-electron chi connectivity index (χ4n) is 1.55. The quantitative estimate of drug-likeness (QED) is 0.748. The van der Waals surface area contributed by atoms with Crippen molar-refractivity contribution < 1.29 is 4.79 Å². The molecule has 2 aromatic rings. The van der Waals surface area contributed by atoms with E-state index in [9.17, 15) is 4.79 Å². The van der Waals surface area contributed by atoms with Crippen molar-refractivity contribution >= 4 is 50.5 Å². The third kappa shape index (κ3) is 3.19. The van der Waals surface area contributed by atoms with E-state index in [-0.39, 0.29) is 0 Å². The Bertz CT molecular complexity index is 646. The molecular weight excluding hydrogens is 330 g/mol. The number of halogens is 2. The number of anilines is 3. The predicted octanol–water partition coefficient (Wildman–Crippen LogP) is 3.53. The van der Waals surface area contributed by atoms with E-state index in [1.165, 1.54) is 0 Å². The lowest BCUT2D eigenvalue weighted by Gasteiger charge is -2.12. The van der Waals surface area contributed by atoms with Crippen LogP contribution in [0.15, 0.2) is 40.9 Å². The van der Waals surface area contributed by atoms with Gasteiger partial charge in [-0.05, 0) is 52.3 Å². The van der Waals surface area contributed by atoms with E-state index in [1.807, 2.05) is 6.07 Å². The summed E-state index contributed by atoms with van der Waals surface area (Å²) < 4.78 is 0.795. The van der Waals surface area contributed by atoms with Gasteiger partial charge < -0.3 is 16.8 Å². The Balaban J connectivity index is 2.37. The summed E-state index contributed by atoms with van der Waals surface area (Å²) in [4.78, 5) is 11.2. The highest BCUT2D eigenvalue weighted by Crippen LogP contribution is 2.31. The number of rotatable bonds is 3. The number of hydrogen-bond acceptors (Lipinski definition) is 3. The second kappa shape index (κ2) is 5.50. The molecule has 5 N–H and O–H groups in total. The van der Waals surface area contributed by atoms with Gasteiger partial charge in [0.05, 0.1) is 17.1 Å². The normalized spacial score (nSPS) is 10.2. The first-order valence-electron chi connectivity index (χ1n) is 5.39. The molecule has 0 aliphatic carbocycles. The van der Waals surface area contributed by atoms with Crippen LogP contribution in [-0.4, -0.2) is 5.91 Å². The third-order valence-corrected chi connectivity index (χ3v) is 3.43. The van der Waals surface area contributed by atoms with Gasteiger partial charge in [-0.25, -0.2) is 0 Å². The Morgan fingerprint density at radius 2 is 1.89 bits per heavy atom. The van der Waals surface area contributed by atoms with Crippen LogP contribution in [0.25, 0.3) is 0 Å². The smallest absolute Gasteiger partial charge is 0.248 e. The molecule has 0 unspecified atom stereocenters. The summed E-state index contributed by atoms with van der Waals surface area (Å²) in [5.74, 6) is -0.502. The summed E-state index contributed by atoms with van der Waals surface area (Å²) in [7, 11) is 0. The third-order valence-electron chi connectivity index (χ3n) is 2.54. The van der Waals surface area contributed by atoms with Crippen molar-refractivity contribution in [3.8, 4) is 0 Å². The minimum Gasteiger partial charge on any atom is -0.397 e. The molecule has 0 bridgehead atoms. The number of amides is 1. The fraction of sp³-hybridized carbons (Fsp3) is 0. The largest absolute Gasteiger partial charge is 0.397 e. The summed E-state index contributed by atoms with van der Waals surface area (Å²) in [5, 5.41) is 3.75. The predicted molar refractivity (Wildman–Crippen MR) is 81.8 cm³/mol. The molecule has 0 aliphatic rings. The molecule has 2 rings (SSSR count). The molecule has 0 saturated carbocycles. The molecule has 0 saturated heterocycles. The van der Waals surface area contributed by atoms with E-state index >= 15 is 0 Å². The zero-order valence-corrected chi connectivity index (χ0v) is 12.1. The van der Waals surface area contributed by atoms with Gasteiger partial charge in [-0.15, -0.1) is 0 Å². The van der Waals surface area contributed by atoms with Crippen molar-refractivity contribution in [3.63, 3.8) is 0 Å². The Morgan fingerprint density at radius 3 is 2.53 bits per heavy atom. The van der Waals surface area contributed by atoms with Crippen LogP contribution in [0.5, 0.6) is 0 Å². The standard InChI is InChI=1S/C13H11BrClN3O/c14-9-6-8(15)2-4-11(9)18-12-5-7(13(17)19)1-3-10(12)16/h1-6,18H,16H2,(H2,17,19). The first-order valence-corrected chi connectivity index (χ1v) is 6.56. The fourth-order valence-corrected chi connectivity index (χ4v) is 2.34. The van der Waals surface area contributed by atoms with Gasteiger partial charge in [0.1, 0.15) is 0 Å².